The number of aryl methyl sites for hydroxylation is 1. The summed E-state index contributed by atoms with van der Waals surface area (Å²) in [5, 5.41) is 5.92. The molecule has 0 aliphatic carbocycles. The van der Waals surface area contributed by atoms with Crippen molar-refractivity contribution >= 4 is 28.3 Å². The molecule has 1 heterocycles. The Morgan fingerprint density at radius 1 is 1.11 bits per heavy atom. The lowest BCUT2D eigenvalue weighted by Gasteiger charge is -2.17. The number of hydrogen-bond donors (Lipinski definition) is 2. The first-order chi connectivity index (χ1) is 17.2. The second kappa shape index (κ2) is 12.7. The highest BCUT2D eigenvalue weighted by atomic mass is 32.1. The first-order valence-electron chi connectivity index (χ1n) is 11.9. The Labute approximate surface area is 214 Å². The van der Waals surface area contributed by atoms with Crippen molar-refractivity contribution < 1.29 is 23.1 Å². The minimum absolute atomic E-state index is 0.0983. The average Bonchev–Trinajstić information content (AvgIpc) is 3.16. The molecular formula is C27H31F2N3O3S. The summed E-state index contributed by atoms with van der Waals surface area (Å²) in [4.78, 5) is 31.0. The van der Waals surface area contributed by atoms with Crippen LogP contribution in [0.2, 0.25) is 0 Å². The maximum Gasteiger partial charge on any atom is 0.248 e. The van der Waals surface area contributed by atoms with Crippen LogP contribution >= 0.6 is 11.3 Å². The fraction of sp³-hybridized carbons (Fsp3) is 0.370. The molecule has 9 heteroatoms. The van der Waals surface area contributed by atoms with Gasteiger partial charge in [0.2, 0.25) is 11.8 Å². The quantitative estimate of drug-likeness (QED) is 0.339. The monoisotopic (exact) mass is 515 g/mol. The van der Waals surface area contributed by atoms with E-state index in [2.05, 4.69) is 15.6 Å². The van der Waals surface area contributed by atoms with Crippen LogP contribution in [0, 0.1) is 18.6 Å². The van der Waals surface area contributed by atoms with Crippen LogP contribution in [-0.2, 0) is 27.4 Å². The fourth-order valence-corrected chi connectivity index (χ4v) is 4.75. The van der Waals surface area contributed by atoms with E-state index in [4.69, 9.17) is 4.74 Å². The first kappa shape index (κ1) is 27.4. The molecule has 0 radical (unpaired) electrons. The Hall–Kier alpha value is -3.17. The van der Waals surface area contributed by atoms with Gasteiger partial charge in [0.15, 0.2) is 5.13 Å². The molecule has 3 rings (SSSR count). The van der Waals surface area contributed by atoms with Gasteiger partial charge in [0, 0.05) is 6.07 Å². The van der Waals surface area contributed by atoms with Crippen molar-refractivity contribution in [2.24, 2.45) is 0 Å². The second-order valence-electron chi connectivity index (χ2n) is 8.80. The number of nitrogens with one attached hydrogen (secondary N) is 2. The number of thiazole rings is 1. The summed E-state index contributed by atoms with van der Waals surface area (Å²) in [6, 6.07) is 10.0. The molecule has 0 fully saturated rings. The van der Waals surface area contributed by atoms with Crippen molar-refractivity contribution in [3.63, 3.8) is 0 Å². The number of carbonyl (C=O) groups is 2. The lowest BCUT2D eigenvalue weighted by molar-refractivity contribution is -0.126. The molecule has 1 aromatic heterocycles. The number of anilines is 1. The molecule has 0 aliphatic rings. The molecule has 2 aromatic carbocycles. The van der Waals surface area contributed by atoms with Crippen LogP contribution in [0.5, 0.6) is 0 Å². The largest absolute Gasteiger partial charge is 0.374 e. The van der Waals surface area contributed by atoms with Crippen molar-refractivity contribution in [1.82, 2.24) is 10.3 Å². The van der Waals surface area contributed by atoms with Gasteiger partial charge >= 0.3 is 0 Å². The zero-order valence-electron chi connectivity index (χ0n) is 20.9. The molecular weight excluding hydrogens is 484 g/mol. The number of carbonyl (C=O) groups excluding carboxylic acids is 2. The summed E-state index contributed by atoms with van der Waals surface area (Å²) in [7, 11) is 0. The van der Waals surface area contributed by atoms with Gasteiger partial charge in [0.25, 0.3) is 0 Å². The molecule has 192 valence electrons. The Morgan fingerprint density at radius 2 is 1.81 bits per heavy atom. The molecule has 1 atom stereocenters. The third kappa shape index (κ3) is 7.66. The van der Waals surface area contributed by atoms with Gasteiger partial charge in [-0.15, -0.1) is 0 Å². The van der Waals surface area contributed by atoms with E-state index in [-0.39, 0.29) is 18.1 Å². The highest BCUT2D eigenvalue weighted by Gasteiger charge is 2.22. The summed E-state index contributed by atoms with van der Waals surface area (Å²) in [5.41, 5.74) is 2.99. The molecule has 3 aromatic rings. The van der Waals surface area contributed by atoms with Gasteiger partial charge in [-0.3, -0.25) is 9.59 Å². The molecule has 0 unspecified atom stereocenters. The summed E-state index contributed by atoms with van der Waals surface area (Å²) < 4.78 is 32.7. The summed E-state index contributed by atoms with van der Waals surface area (Å²) in [6.07, 6.45) is 0.916. The highest BCUT2D eigenvalue weighted by molar-refractivity contribution is 7.19. The van der Waals surface area contributed by atoms with E-state index in [1.807, 2.05) is 52.0 Å². The number of amides is 2. The average molecular weight is 516 g/mol. The Morgan fingerprint density at radius 3 is 2.47 bits per heavy atom. The predicted octanol–water partition coefficient (Wildman–Crippen LogP) is 5.79. The predicted molar refractivity (Wildman–Crippen MR) is 138 cm³/mol. The van der Waals surface area contributed by atoms with E-state index in [9.17, 15) is 18.4 Å². The lowest BCUT2D eigenvalue weighted by Crippen LogP contribution is -2.44. The summed E-state index contributed by atoms with van der Waals surface area (Å²) in [5.74, 6) is -2.41. The van der Waals surface area contributed by atoms with Crippen LogP contribution in [0.4, 0.5) is 13.9 Å². The van der Waals surface area contributed by atoms with Gasteiger partial charge in [0.05, 0.1) is 29.7 Å². The topological polar surface area (TPSA) is 80.3 Å². The molecule has 6 nitrogen and oxygen atoms in total. The van der Waals surface area contributed by atoms with Crippen molar-refractivity contribution in [2.45, 2.75) is 65.7 Å². The number of halogens is 2. The van der Waals surface area contributed by atoms with Crippen LogP contribution in [0.1, 0.15) is 50.4 Å². The zero-order valence-corrected chi connectivity index (χ0v) is 21.7. The molecule has 2 amide bonds. The molecule has 36 heavy (non-hydrogen) atoms. The van der Waals surface area contributed by atoms with Crippen LogP contribution < -0.4 is 10.6 Å². The number of ether oxygens (including phenoxy) is 1. The Bertz CT molecular complexity index is 1190. The third-order valence-corrected chi connectivity index (χ3v) is 6.48. The molecule has 0 aliphatic heterocycles. The van der Waals surface area contributed by atoms with E-state index in [1.54, 1.807) is 0 Å². The van der Waals surface area contributed by atoms with Gasteiger partial charge in [-0.25, -0.2) is 13.8 Å². The first-order valence-corrected chi connectivity index (χ1v) is 12.7. The van der Waals surface area contributed by atoms with Gasteiger partial charge in [-0.2, -0.15) is 0 Å². The van der Waals surface area contributed by atoms with Crippen molar-refractivity contribution in [1.29, 1.82) is 0 Å². The van der Waals surface area contributed by atoms with Gasteiger partial charge in [-0.1, -0.05) is 48.9 Å². The van der Waals surface area contributed by atoms with Crippen LogP contribution in [-0.4, -0.2) is 28.9 Å². The fourth-order valence-electron chi connectivity index (χ4n) is 3.72. The molecule has 0 saturated carbocycles. The minimum atomic E-state index is -0.805. The SMILES string of the molecule is CCC[C@H](NC(=O)Cc1cc(F)cc(F)c1)C(=O)Nc1nc(C)c(-c2ccccc2COC(C)C)s1. The normalized spacial score (nSPS) is 12.0. The van der Waals surface area contributed by atoms with E-state index < -0.39 is 29.5 Å². The summed E-state index contributed by atoms with van der Waals surface area (Å²) >= 11 is 1.35. The number of rotatable bonds is 11. The van der Waals surface area contributed by atoms with Crippen LogP contribution in [0.15, 0.2) is 42.5 Å². The molecule has 2 N–H and O–H groups in total. The number of nitrogens with zero attached hydrogens (tertiary/aromatic N) is 1. The van der Waals surface area contributed by atoms with E-state index in [0.717, 1.165) is 39.9 Å². The van der Waals surface area contributed by atoms with E-state index in [0.29, 0.717) is 24.6 Å². The van der Waals surface area contributed by atoms with Crippen molar-refractivity contribution in [3.8, 4) is 10.4 Å². The Kier molecular flexibility index (Phi) is 9.66. The molecule has 0 spiro atoms. The van der Waals surface area contributed by atoms with Crippen LogP contribution in [0.25, 0.3) is 10.4 Å². The standard InChI is InChI=1S/C27H31F2N3O3S/c1-5-8-23(31-24(33)13-18-11-20(28)14-21(29)12-18)26(34)32-27-30-17(4)25(36-27)22-10-7-6-9-19(22)15-35-16(2)3/h6-7,9-12,14,16,23H,5,8,13,15H2,1-4H3,(H,31,33)(H,30,32,34)/t23-/m0/s1. The number of hydrogen-bond acceptors (Lipinski definition) is 5. The maximum atomic E-state index is 13.4. The van der Waals surface area contributed by atoms with Gasteiger partial charge in [-0.05, 0) is 56.0 Å². The van der Waals surface area contributed by atoms with E-state index >= 15 is 0 Å². The smallest absolute Gasteiger partial charge is 0.248 e. The third-order valence-electron chi connectivity index (χ3n) is 5.38. The summed E-state index contributed by atoms with van der Waals surface area (Å²) in [6.45, 7) is 8.21. The van der Waals surface area contributed by atoms with Gasteiger partial charge in [0.1, 0.15) is 17.7 Å². The second-order valence-corrected chi connectivity index (χ2v) is 9.80. The van der Waals surface area contributed by atoms with Crippen molar-refractivity contribution in [3.05, 3.63) is 70.9 Å². The van der Waals surface area contributed by atoms with Crippen molar-refractivity contribution in [2.75, 3.05) is 5.32 Å². The lowest BCUT2D eigenvalue weighted by atomic mass is 10.1. The zero-order chi connectivity index (χ0) is 26.2. The number of benzene rings is 2. The number of aromatic nitrogens is 1. The Balaban J connectivity index is 1.71. The molecule has 0 bridgehead atoms. The van der Waals surface area contributed by atoms with Gasteiger partial charge < -0.3 is 15.4 Å². The minimum Gasteiger partial charge on any atom is -0.374 e. The highest BCUT2D eigenvalue weighted by Crippen LogP contribution is 2.35. The molecule has 0 saturated heterocycles. The van der Waals surface area contributed by atoms with E-state index in [1.165, 1.54) is 11.3 Å². The maximum absolute atomic E-state index is 13.4. The van der Waals surface area contributed by atoms with Crippen LogP contribution in [0.3, 0.4) is 0 Å².